The van der Waals surface area contributed by atoms with Crippen LogP contribution in [0, 0.1) is 5.92 Å². The van der Waals surface area contributed by atoms with E-state index in [0.717, 1.165) is 0 Å². The highest BCUT2D eigenvalue weighted by Crippen LogP contribution is 2.34. The molecule has 86 valence electrons. The van der Waals surface area contributed by atoms with E-state index >= 15 is 0 Å². The van der Waals surface area contributed by atoms with E-state index < -0.39 is 0 Å². The molecule has 0 atom stereocenters. The minimum atomic E-state index is -0.154. The highest BCUT2D eigenvalue weighted by molar-refractivity contribution is 6.32. The smallest absolute Gasteiger partial charge is 0.308 e. The molecule has 1 fully saturated rings. The lowest BCUT2D eigenvalue weighted by Gasteiger charge is -2.33. The number of para-hydroxylation sites is 1. The van der Waals surface area contributed by atoms with E-state index in [4.69, 9.17) is 16.3 Å². The van der Waals surface area contributed by atoms with Gasteiger partial charge in [-0.2, -0.15) is 0 Å². The second-order valence-corrected chi connectivity index (χ2v) is 4.27. The summed E-state index contributed by atoms with van der Waals surface area (Å²) in [5, 5.41) is 0.601. The van der Waals surface area contributed by atoms with Crippen molar-refractivity contribution in [2.75, 3.05) is 7.11 Å². The van der Waals surface area contributed by atoms with Crippen LogP contribution < -0.4 is 4.74 Å². The maximum atomic E-state index is 11.2. The average Bonchev–Trinajstić information content (AvgIpc) is 2.24. The molecule has 1 aromatic carbocycles. The molecule has 0 aromatic heterocycles. The zero-order chi connectivity index (χ0) is 11.5. The van der Waals surface area contributed by atoms with Crippen LogP contribution in [0.5, 0.6) is 5.75 Å². The fourth-order valence-corrected chi connectivity index (χ4v) is 1.92. The first-order valence-electron chi connectivity index (χ1n) is 5.19. The van der Waals surface area contributed by atoms with Crippen LogP contribution in [0.15, 0.2) is 24.3 Å². The van der Waals surface area contributed by atoms with Crippen molar-refractivity contribution in [1.82, 2.24) is 0 Å². The molecule has 0 N–H and O–H groups in total. The summed E-state index contributed by atoms with van der Waals surface area (Å²) >= 11 is 5.96. The van der Waals surface area contributed by atoms with Gasteiger partial charge in [-0.1, -0.05) is 23.7 Å². The maximum Gasteiger partial charge on any atom is 0.308 e. The lowest BCUT2D eigenvalue weighted by Crippen LogP contribution is -2.38. The number of esters is 1. The number of carbonyl (C=O) groups excluding carboxylic acids is 1. The van der Waals surface area contributed by atoms with Gasteiger partial charge in [0.25, 0.3) is 0 Å². The van der Waals surface area contributed by atoms with E-state index in [0.29, 0.717) is 23.6 Å². The third-order valence-corrected chi connectivity index (χ3v) is 3.07. The maximum absolute atomic E-state index is 11.2. The van der Waals surface area contributed by atoms with E-state index in [-0.39, 0.29) is 18.0 Å². The molecule has 16 heavy (non-hydrogen) atoms. The number of carbonyl (C=O) groups is 1. The summed E-state index contributed by atoms with van der Waals surface area (Å²) in [6.07, 6.45) is 1.49. The van der Waals surface area contributed by atoms with E-state index in [1.807, 2.05) is 18.2 Å². The topological polar surface area (TPSA) is 35.5 Å². The number of halogens is 1. The van der Waals surface area contributed by atoms with Gasteiger partial charge >= 0.3 is 5.97 Å². The Bertz CT molecular complexity index is 386. The fourth-order valence-electron chi connectivity index (χ4n) is 1.74. The largest absolute Gasteiger partial charge is 0.489 e. The lowest BCUT2D eigenvalue weighted by molar-refractivity contribution is -0.151. The van der Waals surface area contributed by atoms with Gasteiger partial charge in [0.05, 0.1) is 18.1 Å². The van der Waals surface area contributed by atoms with E-state index in [1.165, 1.54) is 7.11 Å². The summed E-state index contributed by atoms with van der Waals surface area (Å²) in [7, 11) is 1.41. The Labute approximate surface area is 99.3 Å². The molecule has 0 heterocycles. The predicted octanol–water partition coefficient (Wildman–Crippen LogP) is 2.67. The predicted molar refractivity (Wildman–Crippen MR) is 60.6 cm³/mol. The summed E-state index contributed by atoms with van der Waals surface area (Å²) in [4.78, 5) is 11.2. The average molecular weight is 241 g/mol. The van der Waals surface area contributed by atoms with Crippen LogP contribution in [-0.2, 0) is 9.53 Å². The van der Waals surface area contributed by atoms with Gasteiger partial charge in [0, 0.05) is 0 Å². The zero-order valence-corrected chi connectivity index (χ0v) is 9.74. The van der Waals surface area contributed by atoms with Gasteiger partial charge in [0.1, 0.15) is 11.9 Å². The highest BCUT2D eigenvalue weighted by atomic mass is 35.5. The molecule has 0 spiro atoms. The van der Waals surface area contributed by atoms with Gasteiger partial charge in [0.2, 0.25) is 0 Å². The molecule has 3 nitrogen and oxygen atoms in total. The first-order chi connectivity index (χ1) is 7.70. The lowest BCUT2D eigenvalue weighted by atomic mass is 9.82. The van der Waals surface area contributed by atoms with E-state index in [2.05, 4.69) is 4.74 Å². The number of hydrogen-bond donors (Lipinski definition) is 0. The number of methoxy groups -OCH3 is 1. The van der Waals surface area contributed by atoms with Crippen molar-refractivity contribution in [3.63, 3.8) is 0 Å². The standard InChI is InChI=1S/C12H13ClO3/c1-15-12(14)8-6-9(7-8)16-11-5-3-2-4-10(11)13/h2-5,8-9H,6-7H2,1H3/t8-,9-. The minimum absolute atomic E-state index is 0.0162. The molecule has 0 bridgehead atoms. The Balaban J connectivity index is 1.86. The van der Waals surface area contributed by atoms with Crippen LogP contribution >= 0.6 is 11.6 Å². The molecule has 2 rings (SSSR count). The van der Waals surface area contributed by atoms with Gasteiger partial charge in [-0.25, -0.2) is 0 Å². The van der Waals surface area contributed by atoms with Crippen LogP contribution in [0.3, 0.4) is 0 Å². The van der Waals surface area contributed by atoms with Crippen molar-refractivity contribution in [2.45, 2.75) is 18.9 Å². The molecule has 0 unspecified atom stereocenters. The van der Waals surface area contributed by atoms with Crippen molar-refractivity contribution < 1.29 is 14.3 Å². The van der Waals surface area contributed by atoms with Crippen LogP contribution in [-0.4, -0.2) is 19.2 Å². The van der Waals surface area contributed by atoms with Crippen molar-refractivity contribution in [3.05, 3.63) is 29.3 Å². The van der Waals surface area contributed by atoms with Crippen LogP contribution in [0.4, 0.5) is 0 Å². The molecular weight excluding hydrogens is 228 g/mol. The Hall–Kier alpha value is -1.22. The molecule has 0 saturated heterocycles. The minimum Gasteiger partial charge on any atom is -0.489 e. The third-order valence-electron chi connectivity index (χ3n) is 2.76. The summed E-state index contributed by atoms with van der Waals surface area (Å²) in [6.45, 7) is 0. The summed E-state index contributed by atoms with van der Waals surface area (Å²) in [5.74, 6) is 0.508. The zero-order valence-electron chi connectivity index (χ0n) is 8.98. The van der Waals surface area contributed by atoms with Crippen molar-refractivity contribution in [3.8, 4) is 5.75 Å². The quantitative estimate of drug-likeness (QED) is 0.762. The fraction of sp³-hybridized carbons (Fsp3) is 0.417. The van der Waals surface area contributed by atoms with Gasteiger partial charge in [-0.05, 0) is 25.0 Å². The molecule has 1 saturated carbocycles. The van der Waals surface area contributed by atoms with Crippen LogP contribution in [0.1, 0.15) is 12.8 Å². The first kappa shape index (κ1) is 11.3. The Kier molecular flexibility index (Phi) is 3.34. The summed E-state index contributed by atoms with van der Waals surface area (Å²) < 4.78 is 10.3. The van der Waals surface area contributed by atoms with Crippen molar-refractivity contribution >= 4 is 17.6 Å². The second kappa shape index (κ2) is 4.74. The summed E-state index contributed by atoms with van der Waals surface area (Å²) in [6, 6.07) is 7.34. The highest BCUT2D eigenvalue weighted by Gasteiger charge is 2.37. The SMILES string of the molecule is COC(=O)[C@H]1C[C@H](Oc2ccccc2Cl)C1. The van der Waals surface area contributed by atoms with E-state index in [1.54, 1.807) is 6.07 Å². The van der Waals surface area contributed by atoms with Gasteiger partial charge in [-0.15, -0.1) is 0 Å². The Morgan fingerprint density at radius 2 is 2.06 bits per heavy atom. The first-order valence-corrected chi connectivity index (χ1v) is 5.57. The molecular formula is C12H13ClO3. The van der Waals surface area contributed by atoms with E-state index in [9.17, 15) is 4.79 Å². The molecule has 0 amide bonds. The van der Waals surface area contributed by atoms with Crippen LogP contribution in [0.25, 0.3) is 0 Å². The monoisotopic (exact) mass is 240 g/mol. The van der Waals surface area contributed by atoms with Gasteiger partial charge in [-0.3, -0.25) is 4.79 Å². The number of rotatable bonds is 3. The molecule has 1 aliphatic rings. The number of benzene rings is 1. The molecule has 0 radical (unpaired) electrons. The van der Waals surface area contributed by atoms with Crippen molar-refractivity contribution in [2.24, 2.45) is 5.92 Å². The Morgan fingerprint density at radius 1 is 1.38 bits per heavy atom. The summed E-state index contributed by atoms with van der Waals surface area (Å²) in [5.41, 5.74) is 0. The number of hydrogen-bond acceptors (Lipinski definition) is 3. The third kappa shape index (κ3) is 2.30. The normalized spacial score (nSPS) is 23.4. The van der Waals surface area contributed by atoms with Crippen molar-refractivity contribution in [1.29, 1.82) is 0 Å². The molecule has 4 heteroatoms. The molecule has 1 aliphatic carbocycles. The van der Waals surface area contributed by atoms with Gasteiger partial charge in [0.15, 0.2) is 0 Å². The molecule has 1 aromatic rings. The Morgan fingerprint density at radius 3 is 2.69 bits per heavy atom. The number of ether oxygens (including phenoxy) is 2. The second-order valence-electron chi connectivity index (χ2n) is 3.86. The molecule has 0 aliphatic heterocycles. The van der Waals surface area contributed by atoms with Crippen LogP contribution in [0.2, 0.25) is 5.02 Å². The van der Waals surface area contributed by atoms with Gasteiger partial charge < -0.3 is 9.47 Å².